The van der Waals surface area contributed by atoms with Crippen molar-refractivity contribution in [1.29, 1.82) is 0 Å². The number of carbonyl (C=O) groups is 1. The highest BCUT2D eigenvalue weighted by Gasteiger charge is 2.21. The molecule has 0 bridgehead atoms. The van der Waals surface area contributed by atoms with Gasteiger partial charge in [0.05, 0.1) is 18.0 Å². The Morgan fingerprint density at radius 1 is 1.19 bits per heavy atom. The van der Waals surface area contributed by atoms with Crippen LogP contribution >= 0.6 is 0 Å². The van der Waals surface area contributed by atoms with E-state index in [1.807, 2.05) is 51.1 Å². The molecule has 0 atom stereocenters. The molecule has 0 N–H and O–H groups in total. The van der Waals surface area contributed by atoms with Gasteiger partial charge >= 0.3 is 5.97 Å². The summed E-state index contributed by atoms with van der Waals surface area (Å²) in [5.41, 5.74) is 2.65. The molecule has 0 aliphatic heterocycles. The Labute approximate surface area is 125 Å². The zero-order valence-electron chi connectivity index (χ0n) is 12.9. The topological polar surface area (TPSA) is 52.1 Å². The summed E-state index contributed by atoms with van der Waals surface area (Å²) < 4.78 is 5.15. The van der Waals surface area contributed by atoms with Gasteiger partial charge in [-0.05, 0) is 13.8 Å². The van der Waals surface area contributed by atoms with E-state index in [-0.39, 0.29) is 11.9 Å². The first-order valence-electron chi connectivity index (χ1n) is 7.15. The van der Waals surface area contributed by atoms with E-state index in [2.05, 4.69) is 9.97 Å². The maximum absolute atomic E-state index is 12.2. The standard InChI is InChI=1S/C17H20N2O2/c1-5-21-17(20)14-12(4)18-16(11(2)3)19-15(14)13-9-7-6-8-10-13/h6-11H,5H2,1-4H3. The Kier molecular flexibility index (Phi) is 4.68. The van der Waals surface area contributed by atoms with Crippen molar-refractivity contribution in [1.82, 2.24) is 9.97 Å². The Hall–Kier alpha value is -2.23. The second-order valence-electron chi connectivity index (χ2n) is 5.13. The first-order chi connectivity index (χ1) is 10.0. The Morgan fingerprint density at radius 2 is 1.86 bits per heavy atom. The molecule has 0 saturated carbocycles. The maximum Gasteiger partial charge on any atom is 0.342 e. The van der Waals surface area contributed by atoms with E-state index in [0.29, 0.717) is 23.6 Å². The third-order valence-corrected chi connectivity index (χ3v) is 3.15. The van der Waals surface area contributed by atoms with Crippen molar-refractivity contribution >= 4 is 5.97 Å². The van der Waals surface area contributed by atoms with E-state index in [1.165, 1.54) is 0 Å². The van der Waals surface area contributed by atoms with Gasteiger partial charge in [0, 0.05) is 11.5 Å². The maximum atomic E-state index is 12.2. The predicted octanol–water partition coefficient (Wildman–Crippen LogP) is 3.75. The molecule has 0 aliphatic carbocycles. The van der Waals surface area contributed by atoms with Crippen LogP contribution in [-0.4, -0.2) is 22.5 Å². The molecule has 4 nitrogen and oxygen atoms in total. The van der Waals surface area contributed by atoms with Crippen molar-refractivity contribution < 1.29 is 9.53 Å². The largest absolute Gasteiger partial charge is 0.462 e. The molecule has 0 saturated heterocycles. The van der Waals surface area contributed by atoms with E-state index in [0.717, 1.165) is 11.4 Å². The molecular formula is C17H20N2O2. The fourth-order valence-corrected chi connectivity index (χ4v) is 2.11. The minimum atomic E-state index is -0.371. The fraction of sp³-hybridized carbons (Fsp3) is 0.353. The number of carbonyl (C=O) groups excluding carboxylic acids is 1. The van der Waals surface area contributed by atoms with Gasteiger partial charge in [0.15, 0.2) is 0 Å². The Bertz CT molecular complexity index is 637. The monoisotopic (exact) mass is 284 g/mol. The highest BCUT2D eigenvalue weighted by atomic mass is 16.5. The number of aromatic nitrogens is 2. The van der Waals surface area contributed by atoms with Crippen molar-refractivity contribution in [2.75, 3.05) is 6.61 Å². The lowest BCUT2D eigenvalue weighted by Gasteiger charge is -2.14. The summed E-state index contributed by atoms with van der Waals surface area (Å²) in [6.07, 6.45) is 0. The number of hydrogen-bond acceptors (Lipinski definition) is 4. The summed E-state index contributed by atoms with van der Waals surface area (Å²) >= 11 is 0. The number of esters is 1. The van der Waals surface area contributed by atoms with Gasteiger partial charge in [-0.25, -0.2) is 14.8 Å². The molecule has 0 unspecified atom stereocenters. The van der Waals surface area contributed by atoms with Crippen molar-refractivity contribution in [3.8, 4) is 11.3 Å². The average Bonchev–Trinajstić information content (AvgIpc) is 2.47. The normalized spacial score (nSPS) is 10.7. The second kappa shape index (κ2) is 6.48. The molecule has 4 heteroatoms. The lowest BCUT2D eigenvalue weighted by molar-refractivity contribution is 0.0525. The molecule has 0 spiro atoms. The van der Waals surface area contributed by atoms with Crippen molar-refractivity contribution in [2.24, 2.45) is 0 Å². The number of rotatable bonds is 4. The minimum Gasteiger partial charge on any atom is -0.462 e. The molecule has 2 aromatic rings. The SMILES string of the molecule is CCOC(=O)c1c(C)nc(C(C)C)nc1-c1ccccc1. The number of ether oxygens (including phenoxy) is 1. The quantitative estimate of drug-likeness (QED) is 0.802. The van der Waals surface area contributed by atoms with E-state index in [1.54, 1.807) is 6.92 Å². The van der Waals surface area contributed by atoms with Gasteiger partial charge in [-0.15, -0.1) is 0 Å². The van der Waals surface area contributed by atoms with E-state index in [4.69, 9.17) is 4.74 Å². The number of nitrogens with zero attached hydrogens (tertiary/aromatic N) is 2. The minimum absolute atomic E-state index is 0.197. The van der Waals surface area contributed by atoms with Crippen LogP contribution in [0.4, 0.5) is 0 Å². The number of hydrogen-bond donors (Lipinski definition) is 0. The average molecular weight is 284 g/mol. The van der Waals surface area contributed by atoms with Gasteiger partial charge in [0.1, 0.15) is 11.4 Å². The highest BCUT2D eigenvalue weighted by Crippen LogP contribution is 2.26. The van der Waals surface area contributed by atoms with Gasteiger partial charge in [0.2, 0.25) is 0 Å². The first-order valence-corrected chi connectivity index (χ1v) is 7.15. The molecular weight excluding hydrogens is 264 g/mol. The second-order valence-corrected chi connectivity index (χ2v) is 5.13. The fourth-order valence-electron chi connectivity index (χ4n) is 2.11. The van der Waals surface area contributed by atoms with Crippen LogP contribution < -0.4 is 0 Å². The zero-order chi connectivity index (χ0) is 15.4. The van der Waals surface area contributed by atoms with Crippen LogP contribution in [0, 0.1) is 6.92 Å². The summed E-state index contributed by atoms with van der Waals surface area (Å²) in [5, 5.41) is 0. The summed E-state index contributed by atoms with van der Waals surface area (Å²) in [4.78, 5) is 21.3. The van der Waals surface area contributed by atoms with Gasteiger partial charge in [0.25, 0.3) is 0 Å². The van der Waals surface area contributed by atoms with Gasteiger partial charge < -0.3 is 4.74 Å². The number of benzene rings is 1. The van der Waals surface area contributed by atoms with Gasteiger partial charge in [-0.2, -0.15) is 0 Å². The van der Waals surface area contributed by atoms with Crippen LogP contribution in [0.1, 0.15) is 48.6 Å². The molecule has 1 aromatic heterocycles. The highest BCUT2D eigenvalue weighted by molar-refractivity contribution is 5.97. The summed E-state index contributed by atoms with van der Waals surface area (Å²) in [6, 6.07) is 9.67. The molecule has 110 valence electrons. The van der Waals surface area contributed by atoms with Crippen LogP contribution in [-0.2, 0) is 4.74 Å². The van der Waals surface area contributed by atoms with Crippen LogP contribution in [0.5, 0.6) is 0 Å². The predicted molar refractivity (Wildman–Crippen MR) is 82.3 cm³/mol. The van der Waals surface area contributed by atoms with Gasteiger partial charge in [-0.1, -0.05) is 44.2 Å². The molecule has 0 fully saturated rings. The molecule has 1 heterocycles. The van der Waals surface area contributed by atoms with E-state index in [9.17, 15) is 4.79 Å². The first kappa shape index (κ1) is 15.2. The molecule has 2 rings (SSSR count). The summed E-state index contributed by atoms with van der Waals surface area (Å²) in [7, 11) is 0. The third-order valence-electron chi connectivity index (χ3n) is 3.15. The molecule has 0 aliphatic rings. The lowest BCUT2D eigenvalue weighted by atomic mass is 10.0. The van der Waals surface area contributed by atoms with E-state index < -0.39 is 0 Å². The van der Waals surface area contributed by atoms with Crippen molar-refractivity contribution in [3.63, 3.8) is 0 Å². The Balaban J connectivity index is 2.65. The number of aryl methyl sites for hydroxylation is 1. The molecule has 0 radical (unpaired) electrons. The Morgan fingerprint density at radius 3 is 2.43 bits per heavy atom. The van der Waals surface area contributed by atoms with Crippen LogP contribution in [0.25, 0.3) is 11.3 Å². The molecule has 1 aromatic carbocycles. The molecule has 21 heavy (non-hydrogen) atoms. The van der Waals surface area contributed by atoms with Crippen LogP contribution in [0.15, 0.2) is 30.3 Å². The van der Waals surface area contributed by atoms with Crippen molar-refractivity contribution in [2.45, 2.75) is 33.6 Å². The van der Waals surface area contributed by atoms with E-state index >= 15 is 0 Å². The lowest BCUT2D eigenvalue weighted by Crippen LogP contribution is -2.14. The third kappa shape index (κ3) is 3.27. The smallest absolute Gasteiger partial charge is 0.342 e. The van der Waals surface area contributed by atoms with Crippen LogP contribution in [0.3, 0.4) is 0 Å². The molecule has 0 amide bonds. The summed E-state index contributed by atoms with van der Waals surface area (Å²) in [6.45, 7) is 8.02. The zero-order valence-corrected chi connectivity index (χ0v) is 12.9. The van der Waals surface area contributed by atoms with Crippen molar-refractivity contribution in [3.05, 3.63) is 47.4 Å². The van der Waals surface area contributed by atoms with Crippen LogP contribution in [0.2, 0.25) is 0 Å². The summed E-state index contributed by atoms with van der Waals surface area (Å²) in [5.74, 6) is 0.561. The van der Waals surface area contributed by atoms with Gasteiger partial charge in [-0.3, -0.25) is 0 Å².